The lowest BCUT2D eigenvalue weighted by Crippen LogP contribution is -2.11. The van der Waals surface area contributed by atoms with E-state index in [4.69, 9.17) is 4.74 Å². The summed E-state index contributed by atoms with van der Waals surface area (Å²) in [7, 11) is 0. The molecule has 0 saturated heterocycles. The van der Waals surface area contributed by atoms with Gasteiger partial charge >= 0.3 is 5.97 Å². The lowest BCUT2D eigenvalue weighted by Gasteiger charge is -2.08. The van der Waals surface area contributed by atoms with Gasteiger partial charge in [-0.1, -0.05) is 12.1 Å². The summed E-state index contributed by atoms with van der Waals surface area (Å²) in [5, 5.41) is 15.8. The second-order valence-corrected chi connectivity index (χ2v) is 5.02. The van der Waals surface area contributed by atoms with Gasteiger partial charge in [-0.2, -0.15) is 5.10 Å². The zero-order chi connectivity index (χ0) is 15.7. The van der Waals surface area contributed by atoms with Gasteiger partial charge in [0, 0.05) is 0 Å². The maximum atomic E-state index is 12.0. The van der Waals surface area contributed by atoms with Gasteiger partial charge in [0.1, 0.15) is 5.75 Å². The van der Waals surface area contributed by atoms with Crippen LogP contribution in [-0.2, 0) is 4.74 Å². The summed E-state index contributed by atoms with van der Waals surface area (Å²) < 4.78 is 6.66. The van der Waals surface area contributed by atoms with Gasteiger partial charge in [-0.05, 0) is 55.0 Å². The summed E-state index contributed by atoms with van der Waals surface area (Å²) in [6, 6.07) is 12.5. The first-order valence-corrected chi connectivity index (χ1v) is 7.05. The summed E-state index contributed by atoms with van der Waals surface area (Å²) in [6.45, 7) is 3.92. The molecule has 0 radical (unpaired) electrons. The van der Waals surface area contributed by atoms with Crippen LogP contribution >= 0.6 is 0 Å². The summed E-state index contributed by atoms with van der Waals surface area (Å²) in [5.74, 6) is -0.170. The number of aromatic hydroxyl groups is 1. The number of carbonyl (C=O) groups is 1. The van der Waals surface area contributed by atoms with E-state index in [0.717, 1.165) is 22.2 Å². The van der Waals surface area contributed by atoms with Crippen LogP contribution in [0.1, 0.15) is 23.1 Å². The van der Waals surface area contributed by atoms with Gasteiger partial charge in [0.05, 0.1) is 18.0 Å². The number of fused-ring (bicyclic) bond motifs is 1. The summed E-state index contributed by atoms with van der Waals surface area (Å²) in [5.41, 5.74) is 1.92. The molecule has 5 nitrogen and oxygen atoms in total. The second-order valence-electron chi connectivity index (χ2n) is 5.02. The monoisotopic (exact) mass is 296 g/mol. The molecule has 0 aliphatic heterocycles. The number of benzene rings is 2. The van der Waals surface area contributed by atoms with Crippen LogP contribution in [0.15, 0.2) is 42.5 Å². The number of hydrogen-bond donors (Lipinski definition) is 1. The van der Waals surface area contributed by atoms with Crippen molar-refractivity contribution in [3.63, 3.8) is 0 Å². The maximum Gasteiger partial charge on any atom is 0.357 e. The topological polar surface area (TPSA) is 64.3 Å². The van der Waals surface area contributed by atoms with E-state index in [1.54, 1.807) is 29.8 Å². The minimum atomic E-state index is -0.395. The summed E-state index contributed by atoms with van der Waals surface area (Å²) in [6.07, 6.45) is 0. The first kappa shape index (κ1) is 14.1. The maximum absolute atomic E-state index is 12.0. The number of hydrogen-bond acceptors (Lipinski definition) is 4. The van der Waals surface area contributed by atoms with Crippen molar-refractivity contribution < 1.29 is 14.6 Å². The third-order valence-corrected chi connectivity index (χ3v) is 3.37. The number of aryl methyl sites for hydroxylation is 1. The number of esters is 1. The van der Waals surface area contributed by atoms with Crippen LogP contribution in [0, 0.1) is 6.92 Å². The predicted molar refractivity (Wildman–Crippen MR) is 83.4 cm³/mol. The van der Waals surface area contributed by atoms with Crippen LogP contribution in [0.3, 0.4) is 0 Å². The Bertz CT molecular complexity index is 852. The van der Waals surface area contributed by atoms with Gasteiger partial charge in [0.2, 0.25) is 0 Å². The van der Waals surface area contributed by atoms with E-state index < -0.39 is 5.97 Å². The Balaban J connectivity index is 2.11. The van der Waals surface area contributed by atoms with Gasteiger partial charge in [-0.15, -0.1) is 0 Å². The molecule has 0 saturated carbocycles. The molecule has 0 amide bonds. The Morgan fingerprint density at radius 1 is 1.18 bits per heavy atom. The molecule has 1 heterocycles. The SMILES string of the molecule is CCOC(=O)c1cc(C)nn1-c1ccc2cc(O)ccc2c1. The highest BCUT2D eigenvalue weighted by molar-refractivity contribution is 5.89. The fourth-order valence-corrected chi connectivity index (χ4v) is 2.40. The van der Waals surface area contributed by atoms with Crippen molar-refractivity contribution in [2.45, 2.75) is 13.8 Å². The minimum absolute atomic E-state index is 0.224. The Kier molecular flexibility index (Phi) is 3.55. The Morgan fingerprint density at radius 2 is 1.91 bits per heavy atom. The molecule has 3 aromatic rings. The van der Waals surface area contributed by atoms with Crippen LogP contribution in [-0.4, -0.2) is 27.5 Å². The van der Waals surface area contributed by atoms with Crippen molar-refractivity contribution in [1.82, 2.24) is 9.78 Å². The standard InChI is InChI=1S/C17H16N2O3/c1-3-22-17(21)16-8-11(2)18-19(16)14-6-4-13-10-15(20)7-5-12(13)9-14/h4-10,20H,3H2,1-2H3. The van der Waals surface area contributed by atoms with E-state index >= 15 is 0 Å². The highest BCUT2D eigenvalue weighted by Crippen LogP contribution is 2.23. The first-order valence-electron chi connectivity index (χ1n) is 7.05. The zero-order valence-corrected chi connectivity index (χ0v) is 12.4. The molecule has 0 bridgehead atoms. The minimum Gasteiger partial charge on any atom is -0.508 e. The van der Waals surface area contributed by atoms with Crippen molar-refractivity contribution in [3.05, 3.63) is 53.9 Å². The van der Waals surface area contributed by atoms with Crippen LogP contribution in [0.5, 0.6) is 5.75 Å². The third-order valence-electron chi connectivity index (χ3n) is 3.37. The number of rotatable bonds is 3. The second kappa shape index (κ2) is 5.52. The third kappa shape index (κ3) is 2.53. The van der Waals surface area contributed by atoms with Crippen LogP contribution in [0.25, 0.3) is 16.5 Å². The van der Waals surface area contributed by atoms with E-state index in [-0.39, 0.29) is 5.75 Å². The number of carbonyl (C=O) groups excluding carboxylic acids is 1. The van der Waals surface area contributed by atoms with Crippen LogP contribution in [0.2, 0.25) is 0 Å². The molecule has 112 valence electrons. The number of aromatic nitrogens is 2. The van der Waals surface area contributed by atoms with Gasteiger partial charge in [0.25, 0.3) is 0 Å². The first-order chi connectivity index (χ1) is 10.6. The van der Waals surface area contributed by atoms with Crippen molar-refractivity contribution in [2.75, 3.05) is 6.61 Å². The summed E-state index contributed by atoms with van der Waals surface area (Å²) >= 11 is 0. The average molecular weight is 296 g/mol. The molecule has 0 atom stereocenters. The Hall–Kier alpha value is -2.82. The fourth-order valence-electron chi connectivity index (χ4n) is 2.40. The zero-order valence-electron chi connectivity index (χ0n) is 12.4. The fraction of sp³-hybridized carbons (Fsp3) is 0.176. The van der Waals surface area contributed by atoms with Crippen molar-refractivity contribution in [1.29, 1.82) is 0 Å². The Morgan fingerprint density at radius 3 is 2.68 bits per heavy atom. The number of phenols is 1. The van der Waals surface area contributed by atoms with Crippen LogP contribution < -0.4 is 0 Å². The molecule has 0 unspecified atom stereocenters. The van der Waals surface area contributed by atoms with E-state index in [1.165, 1.54) is 0 Å². The molecule has 0 aliphatic rings. The molecule has 1 aromatic heterocycles. The van der Waals surface area contributed by atoms with E-state index in [1.807, 2.05) is 31.2 Å². The van der Waals surface area contributed by atoms with E-state index in [0.29, 0.717) is 12.3 Å². The van der Waals surface area contributed by atoms with Gasteiger partial charge in [0.15, 0.2) is 5.69 Å². The molecular formula is C17H16N2O3. The quantitative estimate of drug-likeness (QED) is 0.754. The number of nitrogens with zero attached hydrogens (tertiary/aromatic N) is 2. The largest absolute Gasteiger partial charge is 0.508 e. The molecule has 3 rings (SSSR count). The molecule has 1 N–H and O–H groups in total. The molecule has 0 fully saturated rings. The predicted octanol–water partition coefficient (Wildman–Crippen LogP) is 3.22. The number of phenolic OH excluding ortho intramolecular Hbond substituents is 1. The highest BCUT2D eigenvalue weighted by Gasteiger charge is 2.16. The van der Waals surface area contributed by atoms with E-state index in [2.05, 4.69) is 5.10 Å². The number of ether oxygens (including phenoxy) is 1. The average Bonchev–Trinajstić information content (AvgIpc) is 2.89. The molecule has 5 heteroatoms. The lowest BCUT2D eigenvalue weighted by atomic mass is 10.1. The van der Waals surface area contributed by atoms with Crippen molar-refractivity contribution in [3.8, 4) is 11.4 Å². The van der Waals surface area contributed by atoms with Crippen molar-refractivity contribution in [2.24, 2.45) is 0 Å². The normalized spacial score (nSPS) is 10.8. The molecule has 22 heavy (non-hydrogen) atoms. The molecule has 2 aromatic carbocycles. The lowest BCUT2D eigenvalue weighted by molar-refractivity contribution is 0.0515. The molecular weight excluding hydrogens is 280 g/mol. The van der Waals surface area contributed by atoms with Gasteiger partial charge < -0.3 is 9.84 Å². The Labute approximate surface area is 127 Å². The van der Waals surface area contributed by atoms with E-state index in [9.17, 15) is 9.90 Å². The van der Waals surface area contributed by atoms with Crippen LogP contribution in [0.4, 0.5) is 0 Å². The smallest absolute Gasteiger partial charge is 0.357 e. The summed E-state index contributed by atoms with van der Waals surface area (Å²) in [4.78, 5) is 12.0. The molecule has 0 aliphatic carbocycles. The van der Waals surface area contributed by atoms with Gasteiger partial charge in [-0.25, -0.2) is 9.48 Å². The van der Waals surface area contributed by atoms with Crippen molar-refractivity contribution >= 4 is 16.7 Å². The van der Waals surface area contributed by atoms with Gasteiger partial charge in [-0.3, -0.25) is 0 Å². The highest BCUT2D eigenvalue weighted by atomic mass is 16.5. The molecule has 0 spiro atoms.